The van der Waals surface area contributed by atoms with Gasteiger partial charge < -0.3 is 9.47 Å². The van der Waals surface area contributed by atoms with Crippen LogP contribution in [0.1, 0.15) is 5.56 Å². The van der Waals surface area contributed by atoms with E-state index in [2.05, 4.69) is 5.32 Å². The molecule has 0 bridgehead atoms. The number of carbonyl (C=O) groups is 3. The van der Waals surface area contributed by atoms with Crippen LogP contribution in [0.3, 0.4) is 0 Å². The van der Waals surface area contributed by atoms with Gasteiger partial charge in [0.1, 0.15) is 5.57 Å². The van der Waals surface area contributed by atoms with Gasteiger partial charge in [-0.05, 0) is 35.9 Å². The Hall–Kier alpha value is -3.32. The lowest BCUT2D eigenvalue weighted by Gasteiger charge is -2.26. The predicted octanol–water partition coefficient (Wildman–Crippen LogP) is 2.74. The van der Waals surface area contributed by atoms with Crippen LogP contribution >= 0.6 is 11.6 Å². The molecule has 0 spiro atoms. The van der Waals surface area contributed by atoms with Crippen LogP contribution < -0.4 is 19.7 Å². The van der Waals surface area contributed by atoms with Gasteiger partial charge >= 0.3 is 6.03 Å². The van der Waals surface area contributed by atoms with E-state index in [0.29, 0.717) is 22.1 Å². The number of halogens is 1. The highest BCUT2D eigenvalue weighted by Crippen LogP contribution is 2.36. The number of fused-ring (bicyclic) bond motifs is 1. The molecule has 2 aromatic carbocycles. The number of urea groups is 1. The Labute approximate surface area is 152 Å². The number of ether oxygens (including phenoxy) is 2. The minimum atomic E-state index is -0.831. The minimum absolute atomic E-state index is 0.0668. The Balaban J connectivity index is 1.73. The number of hydrogen-bond donors (Lipinski definition) is 1. The van der Waals surface area contributed by atoms with Crippen molar-refractivity contribution in [2.75, 3.05) is 11.7 Å². The lowest BCUT2D eigenvalue weighted by atomic mass is 10.1. The third-order valence-electron chi connectivity index (χ3n) is 3.88. The Kier molecular flexibility index (Phi) is 3.85. The van der Waals surface area contributed by atoms with E-state index in [1.165, 1.54) is 18.2 Å². The Morgan fingerprint density at radius 1 is 1.04 bits per heavy atom. The number of carbonyl (C=O) groups excluding carboxylic acids is 3. The van der Waals surface area contributed by atoms with Gasteiger partial charge in [-0.2, -0.15) is 0 Å². The first-order chi connectivity index (χ1) is 12.5. The van der Waals surface area contributed by atoms with Crippen LogP contribution in [0, 0.1) is 0 Å². The smallest absolute Gasteiger partial charge is 0.335 e. The first kappa shape index (κ1) is 16.2. The molecule has 2 aromatic rings. The summed E-state index contributed by atoms with van der Waals surface area (Å²) in [6.45, 7) is 0.0668. The van der Waals surface area contributed by atoms with Crippen molar-refractivity contribution in [3.63, 3.8) is 0 Å². The summed E-state index contributed by atoms with van der Waals surface area (Å²) in [7, 11) is 0. The highest BCUT2D eigenvalue weighted by Gasteiger charge is 2.37. The first-order valence-corrected chi connectivity index (χ1v) is 7.97. The molecule has 0 saturated carbocycles. The third kappa shape index (κ3) is 2.78. The van der Waals surface area contributed by atoms with Crippen LogP contribution in [0.25, 0.3) is 6.08 Å². The average Bonchev–Trinajstić information content (AvgIpc) is 3.06. The molecule has 7 nitrogen and oxygen atoms in total. The molecule has 2 aliphatic rings. The van der Waals surface area contributed by atoms with Crippen molar-refractivity contribution < 1.29 is 23.9 Å². The van der Waals surface area contributed by atoms with E-state index in [0.717, 1.165) is 4.90 Å². The van der Waals surface area contributed by atoms with Gasteiger partial charge in [0.25, 0.3) is 11.8 Å². The predicted molar refractivity (Wildman–Crippen MR) is 93.0 cm³/mol. The molecule has 0 aliphatic carbocycles. The molecule has 4 rings (SSSR count). The molecule has 130 valence electrons. The quantitative estimate of drug-likeness (QED) is 0.649. The summed E-state index contributed by atoms with van der Waals surface area (Å²) in [6.07, 6.45) is 1.38. The van der Waals surface area contributed by atoms with Gasteiger partial charge in [-0.15, -0.1) is 0 Å². The highest BCUT2D eigenvalue weighted by molar-refractivity contribution is 6.39. The lowest BCUT2D eigenvalue weighted by molar-refractivity contribution is -0.122. The summed E-state index contributed by atoms with van der Waals surface area (Å²) in [4.78, 5) is 38.0. The second-order valence-corrected chi connectivity index (χ2v) is 5.99. The van der Waals surface area contributed by atoms with Gasteiger partial charge in [0.2, 0.25) is 6.79 Å². The summed E-state index contributed by atoms with van der Waals surface area (Å²) < 4.78 is 10.5. The van der Waals surface area contributed by atoms with E-state index < -0.39 is 17.8 Å². The van der Waals surface area contributed by atoms with Crippen LogP contribution in [-0.2, 0) is 9.59 Å². The van der Waals surface area contributed by atoms with E-state index in [-0.39, 0.29) is 18.1 Å². The van der Waals surface area contributed by atoms with Gasteiger partial charge in [-0.25, -0.2) is 9.69 Å². The van der Waals surface area contributed by atoms with Crippen LogP contribution in [-0.4, -0.2) is 24.6 Å². The lowest BCUT2D eigenvalue weighted by Crippen LogP contribution is -2.54. The van der Waals surface area contributed by atoms with Crippen molar-refractivity contribution in [1.82, 2.24) is 5.32 Å². The van der Waals surface area contributed by atoms with E-state index in [1.54, 1.807) is 30.3 Å². The van der Waals surface area contributed by atoms with Gasteiger partial charge in [0, 0.05) is 11.1 Å². The average molecular weight is 371 g/mol. The van der Waals surface area contributed by atoms with Crippen molar-refractivity contribution in [1.29, 1.82) is 0 Å². The third-order valence-corrected chi connectivity index (χ3v) is 4.11. The van der Waals surface area contributed by atoms with Gasteiger partial charge in [-0.3, -0.25) is 14.9 Å². The fourth-order valence-electron chi connectivity index (χ4n) is 2.68. The summed E-state index contributed by atoms with van der Waals surface area (Å²) in [6, 6.07) is 10.5. The minimum Gasteiger partial charge on any atom is -0.454 e. The number of benzene rings is 2. The molecule has 0 unspecified atom stereocenters. The first-order valence-electron chi connectivity index (χ1n) is 7.59. The second-order valence-electron chi connectivity index (χ2n) is 5.55. The number of nitrogens with one attached hydrogen (secondary N) is 1. The molecule has 1 N–H and O–H groups in total. The second kappa shape index (κ2) is 6.20. The molecular formula is C18H11ClN2O5. The van der Waals surface area contributed by atoms with Crippen molar-refractivity contribution in [2.24, 2.45) is 0 Å². The van der Waals surface area contributed by atoms with Crippen molar-refractivity contribution in [2.45, 2.75) is 0 Å². The molecule has 1 fully saturated rings. The number of amides is 4. The zero-order valence-corrected chi connectivity index (χ0v) is 13.9. The molecular weight excluding hydrogens is 360 g/mol. The van der Waals surface area contributed by atoms with Gasteiger partial charge in [-0.1, -0.05) is 23.7 Å². The molecule has 0 aromatic heterocycles. The monoisotopic (exact) mass is 370 g/mol. The van der Waals surface area contributed by atoms with Crippen LogP contribution in [0.15, 0.2) is 48.0 Å². The van der Waals surface area contributed by atoms with E-state index in [9.17, 15) is 14.4 Å². The topological polar surface area (TPSA) is 84.9 Å². The number of barbiturate groups is 1. The van der Waals surface area contributed by atoms with E-state index >= 15 is 0 Å². The van der Waals surface area contributed by atoms with Crippen LogP contribution in [0.5, 0.6) is 11.5 Å². The largest absolute Gasteiger partial charge is 0.454 e. The summed E-state index contributed by atoms with van der Waals surface area (Å²) in [5.74, 6) is -0.570. The fourth-order valence-corrected chi connectivity index (χ4v) is 2.88. The Bertz CT molecular complexity index is 985. The molecule has 2 aliphatic heterocycles. The number of anilines is 1. The zero-order valence-electron chi connectivity index (χ0n) is 13.2. The number of hydrogen-bond acceptors (Lipinski definition) is 5. The normalized spacial score (nSPS) is 17.7. The Morgan fingerprint density at radius 2 is 1.85 bits per heavy atom. The van der Waals surface area contributed by atoms with E-state index in [4.69, 9.17) is 21.1 Å². The maximum absolute atomic E-state index is 12.8. The molecule has 0 atom stereocenters. The molecule has 1 saturated heterocycles. The molecule has 8 heteroatoms. The summed E-state index contributed by atoms with van der Waals surface area (Å²) >= 11 is 5.93. The van der Waals surface area contributed by atoms with Crippen LogP contribution in [0.2, 0.25) is 5.02 Å². The molecule has 0 radical (unpaired) electrons. The molecule has 2 heterocycles. The van der Waals surface area contributed by atoms with Gasteiger partial charge in [0.05, 0.1) is 5.69 Å². The summed E-state index contributed by atoms with van der Waals surface area (Å²) in [5.41, 5.74) is 0.654. The van der Waals surface area contributed by atoms with Crippen molar-refractivity contribution in [3.8, 4) is 11.5 Å². The summed E-state index contributed by atoms with van der Waals surface area (Å²) in [5, 5.41) is 2.63. The number of nitrogens with zero attached hydrogens (tertiary/aromatic N) is 1. The zero-order chi connectivity index (χ0) is 18.3. The SMILES string of the molecule is O=C1NC(=O)N(c2ccc3c(c2)OCO3)C(=O)/C1=C/c1cccc(Cl)c1. The molecule has 26 heavy (non-hydrogen) atoms. The van der Waals surface area contributed by atoms with Crippen molar-refractivity contribution in [3.05, 3.63) is 58.6 Å². The maximum atomic E-state index is 12.8. The Morgan fingerprint density at radius 3 is 2.65 bits per heavy atom. The number of rotatable bonds is 2. The van der Waals surface area contributed by atoms with Crippen molar-refractivity contribution >= 4 is 41.2 Å². The van der Waals surface area contributed by atoms with E-state index in [1.807, 2.05) is 0 Å². The number of imide groups is 2. The highest BCUT2D eigenvalue weighted by atomic mass is 35.5. The standard InChI is InChI=1S/C18H11ClN2O5/c19-11-3-1-2-10(6-11)7-13-16(22)20-18(24)21(17(13)23)12-4-5-14-15(8-12)26-9-25-14/h1-8H,9H2,(H,20,22,24)/b13-7+. The van der Waals surface area contributed by atoms with Crippen LogP contribution in [0.4, 0.5) is 10.5 Å². The fraction of sp³-hybridized carbons (Fsp3) is 0.0556. The van der Waals surface area contributed by atoms with Gasteiger partial charge in [0.15, 0.2) is 11.5 Å². The maximum Gasteiger partial charge on any atom is 0.335 e. The molecule has 4 amide bonds.